The van der Waals surface area contributed by atoms with Gasteiger partial charge < -0.3 is 10.1 Å². The quantitative estimate of drug-likeness (QED) is 0.780. The Morgan fingerprint density at radius 1 is 1.21 bits per heavy atom. The van der Waals surface area contributed by atoms with E-state index in [2.05, 4.69) is 39.8 Å². The van der Waals surface area contributed by atoms with Gasteiger partial charge in [0.2, 0.25) is 0 Å². The number of aromatic nitrogens is 1. The maximum Gasteiger partial charge on any atom is 0.133 e. The van der Waals surface area contributed by atoms with Crippen LogP contribution in [0.4, 0.5) is 5.82 Å². The first kappa shape index (κ1) is 14.1. The highest BCUT2D eigenvalue weighted by atomic mass is 127. The Morgan fingerprint density at radius 2 is 2.05 bits per heavy atom. The summed E-state index contributed by atoms with van der Waals surface area (Å²) in [6.45, 7) is 3.59. The van der Waals surface area contributed by atoms with Crippen LogP contribution in [0.2, 0.25) is 0 Å². The molecule has 3 nitrogen and oxygen atoms in total. The normalized spacial score (nSPS) is 10.2. The second-order valence-electron chi connectivity index (χ2n) is 4.16. The van der Waals surface area contributed by atoms with Crippen molar-refractivity contribution in [3.05, 3.63) is 51.7 Å². The van der Waals surface area contributed by atoms with Crippen LogP contribution in [0.5, 0.6) is 5.75 Å². The summed E-state index contributed by atoms with van der Waals surface area (Å²) in [5.74, 6) is 1.82. The zero-order valence-corrected chi connectivity index (χ0v) is 13.1. The topological polar surface area (TPSA) is 34.2 Å². The van der Waals surface area contributed by atoms with Crippen molar-refractivity contribution in [1.82, 2.24) is 4.98 Å². The lowest BCUT2D eigenvalue weighted by Crippen LogP contribution is -2.07. The Balaban J connectivity index is 2.05. The smallest absolute Gasteiger partial charge is 0.133 e. The van der Waals surface area contributed by atoms with E-state index in [9.17, 15) is 0 Å². The summed E-state index contributed by atoms with van der Waals surface area (Å²) < 4.78 is 6.97. The van der Waals surface area contributed by atoms with Gasteiger partial charge in [-0.3, -0.25) is 0 Å². The van der Waals surface area contributed by atoms with Crippen LogP contribution in [0.1, 0.15) is 18.9 Å². The summed E-state index contributed by atoms with van der Waals surface area (Å²) in [5, 5.41) is 3.32. The predicted octanol–water partition coefficient (Wildman–Crippen LogP) is 4.09. The van der Waals surface area contributed by atoms with E-state index < -0.39 is 0 Å². The number of nitrogens with one attached hydrogen (secondary N) is 1. The van der Waals surface area contributed by atoms with E-state index >= 15 is 0 Å². The van der Waals surface area contributed by atoms with Gasteiger partial charge in [0.1, 0.15) is 18.2 Å². The van der Waals surface area contributed by atoms with Crippen LogP contribution in [0.15, 0.2) is 42.6 Å². The fraction of sp³-hybridized carbons (Fsp3) is 0.267. The van der Waals surface area contributed by atoms with Gasteiger partial charge in [0.25, 0.3) is 0 Å². The first-order valence-electron chi connectivity index (χ1n) is 6.36. The van der Waals surface area contributed by atoms with Crippen LogP contribution < -0.4 is 10.1 Å². The summed E-state index contributed by atoms with van der Waals surface area (Å²) in [6.07, 6.45) is 2.88. The van der Waals surface area contributed by atoms with Crippen molar-refractivity contribution in [2.45, 2.75) is 20.0 Å². The SMILES string of the molecule is CCCNc1ncccc1COc1ccccc1I. The molecule has 0 saturated heterocycles. The van der Waals surface area contributed by atoms with Gasteiger partial charge in [-0.15, -0.1) is 0 Å². The number of hydrogen-bond donors (Lipinski definition) is 1. The van der Waals surface area contributed by atoms with Gasteiger partial charge in [-0.2, -0.15) is 0 Å². The number of ether oxygens (including phenoxy) is 1. The van der Waals surface area contributed by atoms with Crippen LogP contribution in [0.25, 0.3) is 0 Å². The third-order valence-electron chi connectivity index (χ3n) is 2.65. The maximum absolute atomic E-state index is 5.86. The molecule has 0 fully saturated rings. The standard InChI is InChI=1S/C15H17IN2O/c1-2-9-17-15-12(6-5-10-18-15)11-19-14-8-4-3-7-13(14)16/h3-8,10H,2,9,11H2,1H3,(H,17,18). The van der Waals surface area contributed by atoms with Crippen molar-refractivity contribution in [3.63, 3.8) is 0 Å². The molecule has 0 aliphatic heterocycles. The van der Waals surface area contributed by atoms with Gasteiger partial charge in [0, 0.05) is 18.3 Å². The highest BCUT2D eigenvalue weighted by Crippen LogP contribution is 2.22. The van der Waals surface area contributed by atoms with Crippen molar-refractivity contribution < 1.29 is 4.74 Å². The molecule has 1 aromatic heterocycles. The van der Waals surface area contributed by atoms with Crippen molar-refractivity contribution in [2.24, 2.45) is 0 Å². The molecular weight excluding hydrogens is 351 g/mol. The molecule has 2 rings (SSSR count). The van der Waals surface area contributed by atoms with Crippen molar-refractivity contribution in [2.75, 3.05) is 11.9 Å². The number of nitrogens with zero attached hydrogens (tertiary/aromatic N) is 1. The molecule has 0 radical (unpaired) electrons. The molecule has 0 saturated carbocycles. The van der Waals surface area contributed by atoms with Gasteiger partial charge in [0.05, 0.1) is 3.57 Å². The lowest BCUT2D eigenvalue weighted by Gasteiger charge is -2.12. The fourth-order valence-electron chi connectivity index (χ4n) is 1.67. The number of benzene rings is 1. The average Bonchev–Trinajstić information content (AvgIpc) is 2.45. The summed E-state index contributed by atoms with van der Waals surface area (Å²) in [6, 6.07) is 12.0. The number of halogens is 1. The number of hydrogen-bond acceptors (Lipinski definition) is 3. The maximum atomic E-state index is 5.86. The minimum absolute atomic E-state index is 0.528. The van der Waals surface area contributed by atoms with E-state index in [4.69, 9.17) is 4.74 Å². The molecule has 0 amide bonds. The van der Waals surface area contributed by atoms with Crippen LogP contribution in [0.3, 0.4) is 0 Å². The van der Waals surface area contributed by atoms with Gasteiger partial charge in [-0.25, -0.2) is 4.98 Å². The molecule has 0 aliphatic rings. The molecule has 19 heavy (non-hydrogen) atoms. The van der Waals surface area contributed by atoms with Crippen LogP contribution in [0, 0.1) is 3.57 Å². The Morgan fingerprint density at radius 3 is 2.84 bits per heavy atom. The Bertz CT molecular complexity index is 531. The molecule has 0 spiro atoms. The van der Waals surface area contributed by atoms with Crippen molar-refractivity contribution in [1.29, 1.82) is 0 Å². The fourth-order valence-corrected chi connectivity index (χ4v) is 2.22. The number of para-hydroxylation sites is 1. The molecule has 1 heterocycles. The third-order valence-corrected chi connectivity index (χ3v) is 3.54. The van der Waals surface area contributed by atoms with E-state index in [-0.39, 0.29) is 0 Å². The summed E-state index contributed by atoms with van der Waals surface area (Å²) in [4.78, 5) is 4.36. The van der Waals surface area contributed by atoms with Crippen LogP contribution in [-0.2, 0) is 6.61 Å². The highest BCUT2D eigenvalue weighted by molar-refractivity contribution is 14.1. The second kappa shape index (κ2) is 7.33. The number of anilines is 1. The molecule has 0 aliphatic carbocycles. The van der Waals surface area contributed by atoms with Gasteiger partial charge in [-0.05, 0) is 47.2 Å². The number of rotatable bonds is 6. The summed E-state index contributed by atoms with van der Waals surface area (Å²) >= 11 is 2.28. The summed E-state index contributed by atoms with van der Waals surface area (Å²) in [7, 11) is 0. The monoisotopic (exact) mass is 368 g/mol. The Labute approximate surface area is 127 Å². The first-order chi connectivity index (χ1) is 9.31. The van der Waals surface area contributed by atoms with E-state index in [1.807, 2.05) is 36.4 Å². The second-order valence-corrected chi connectivity index (χ2v) is 5.32. The highest BCUT2D eigenvalue weighted by Gasteiger charge is 2.05. The average molecular weight is 368 g/mol. The molecule has 1 aromatic carbocycles. The van der Waals surface area contributed by atoms with E-state index in [1.165, 1.54) is 0 Å². The molecule has 2 aromatic rings. The largest absolute Gasteiger partial charge is 0.488 e. The minimum Gasteiger partial charge on any atom is -0.488 e. The van der Waals surface area contributed by atoms with E-state index in [1.54, 1.807) is 6.20 Å². The summed E-state index contributed by atoms with van der Waals surface area (Å²) in [5.41, 5.74) is 1.08. The lowest BCUT2D eigenvalue weighted by atomic mass is 10.2. The van der Waals surface area contributed by atoms with E-state index in [0.29, 0.717) is 6.61 Å². The molecule has 0 atom stereocenters. The molecule has 0 unspecified atom stereocenters. The third kappa shape index (κ3) is 4.09. The Hall–Kier alpha value is -1.30. The van der Waals surface area contributed by atoms with Crippen molar-refractivity contribution in [3.8, 4) is 5.75 Å². The molecule has 0 bridgehead atoms. The van der Waals surface area contributed by atoms with Crippen LogP contribution in [-0.4, -0.2) is 11.5 Å². The van der Waals surface area contributed by atoms with E-state index in [0.717, 1.165) is 33.7 Å². The van der Waals surface area contributed by atoms with Crippen molar-refractivity contribution >= 4 is 28.4 Å². The minimum atomic E-state index is 0.528. The van der Waals surface area contributed by atoms with Gasteiger partial charge in [0.15, 0.2) is 0 Å². The molecule has 4 heteroatoms. The molecule has 1 N–H and O–H groups in total. The molecule has 100 valence electrons. The van der Waals surface area contributed by atoms with Crippen LogP contribution >= 0.6 is 22.6 Å². The van der Waals surface area contributed by atoms with Gasteiger partial charge in [-0.1, -0.05) is 25.1 Å². The first-order valence-corrected chi connectivity index (χ1v) is 7.44. The van der Waals surface area contributed by atoms with Gasteiger partial charge >= 0.3 is 0 Å². The zero-order valence-electron chi connectivity index (χ0n) is 10.9. The molecular formula is C15H17IN2O. The zero-order chi connectivity index (χ0) is 13.5. The lowest BCUT2D eigenvalue weighted by molar-refractivity contribution is 0.304. The Kier molecular flexibility index (Phi) is 5.44. The number of pyridine rings is 1. The predicted molar refractivity (Wildman–Crippen MR) is 86.5 cm³/mol.